The first-order valence-electron chi connectivity index (χ1n) is 16.8. The van der Waals surface area contributed by atoms with E-state index in [1.165, 1.54) is 0 Å². The average Bonchev–Trinajstić information content (AvgIpc) is 3.15. The molecule has 0 N–H and O–H groups in total. The zero-order chi connectivity index (χ0) is 44.0. The molecule has 28 heteroatoms. The molecule has 0 unspecified atom stereocenters. The van der Waals surface area contributed by atoms with E-state index in [2.05, 4.69) is 0 Å². The van der Waals surface area contributed by atoms with Gasteiger partial charge >= 0.3 is 206 Å². The maximum atomic E-state index is 12.3. The smallest absolute Gasteiger partial charge is 0.546 e. The van der Waals surface area contributed by atoms with Crippen molar-refractivity contribution in [3.8, 4) is 23.0 Å². The molecule has 0 amide bonds. The van der Waals surface area contributed by atoms with E-state index in [4.69, 9.17) is 18.9 Å². The molecule has 24 nitrogen and oxygen atoms in total. The van der Waals surface area contributed by atoms with Crippen molar-refractivity contribution in [2.75, 3.05) is 26.4 Å². The summed E-state index contributed by atoms with van der Waals surface area (Å²) >= 11 is 0. The number of rotatable bonds is 16. The van der Waals surface area contributed by atoms with Crippen LogP contribution in [0.25, 0.3) is 0 Å². The molecule has 312 valence electrons. The van der Waals surface area contributed by atoms with Crippen molar-refractivity contribution in [2.24, 2.45) is 0 Å². The molecule has 0 aromatic heterocycles. The van der Waals surface area contributed by atoms with Gasteiger partial charge in [-0.25, -0.2) is 0 Å². The quantitative estimate of drug-likeness (QED) is 0.0503. The van der Waals surface area contributed by atoms with E-state index in [1.807, 2.05) is 0 Å². The van der Waals surface area contributed by atoms with Crippen molar-refractivity contribution in [3.63, 3.8) is 0 Å². The second kappa shape index (κ2) is 27.2. The standard InChI is InChI=1S/C36H28N4O20.4K/c41-29(42)13-57-33-17-1-18-6-26(38(51)52)8-20(34(18)58-14-30(43)44)3-22-10-28(40(55)56)12-24(36(22)60-16-32(47)48)4-23-11-27(39(53)54)9-21(35(23)59-15-31(45)46)2-19(33)7-25(5-17)37(49)50;;;;/h5-12H,1-4,13-16H2,(H,41,42)(H,43,44)(H,45,46)(H,47,48);;;;/q;4*+1/p-4. The van der Waals surface area contributed by atoms with Gasteiger partial charge in [0.2, 0.25) is 0 Å². The second-order valence-electron chi connectivity index (χ2n) is 12.8. The number of benzene rings is 4. The average molecular weight is 989 g/mol. The largest absolute Gasteiger partial charge is 1.00 e. The van der Waals surface area contributed by atoms with E-state index in [9.17, 15) is 80.1 Å². The summed E-state index contributed by atoms with van der Waals surface area (Å²) in [5.41, 5.74) is -5.18. The van der Waals surface area contributed by atoms with Gasteiger partial charge in [0.15, 0.2) is 0 Å². The van der Waals surface area contributed by atoms with Crippen LogP contribution in [0.2, 0.25) is 0 Å². The number of nitro benzene ring substituents is 4. The topological polar surface area (TPSA) is 370 Å². The number of hydrogen-bond acceptors (Lipinski definition) is 20. The molecule has 8 bridgehead atoms. The third kappa shape index (κ3) is 16.1. The monoisotopic (exact) mass is 988 g/mol. The van der Waals surface area contributed by atoms with Crippen molar-refractivity contribution in [2.45, 2.75) is 25.7 Å². The Morgan fingerprint density at radius 3 is 0.609 bits per heavy atom. The normalized spacial score (nSPS) is 11.0. The van der Waals surface area contributed by atoms with Gasteiger partial charge in [0.1, 0.15) is 49.4 Å². The molecule has 4 aromatic carbocycles. The summed E-state index contributed by atoms with van der Waals surface area (Å²) in [7, 11) is 0. The van der Waals surface area contributed by atoms with Crippen LogP contribution in [0.5, 0.6) is 23.0 Å². The third-order valence-electron chi connectivity index (χ3n) is 8.61. The van der Waals surface area contributed by atoms with Gasteiger partial charge in [0.25, 0.3) is 22.7 Å². The summed E-state index contributed by atoms with van der Waals surface area (Å²) in [6.45, 7) is -4.82. The first-order valence-corrected chi connectivity index (χ1v) is 16.8. The van der Waals surface area contributed by atoms with E-state index >= 15 is 0 Å². The van der Waals surface area contributed by atoms with Gasteiger partial charge in [-0.2, -0.15) is 0 Å². The Hall–Kier alpha value is -1.89. The first-order chi connectivity index (χ1) is 28.3. The maximum absolute atomic E-state index is 12.3. The molecule has 0 heterocycles. The number of fused-ring (bicyclic) bond motifs is 8. The molecule has 0 atom stereocenters. The summed E-state index contributed by atoms with van der Waals surface area (Å²) in [6, 6.07) is 7.03. The number of ether oxygens (including phenoxy) is 4. The van der Waals surface area contributed by atoms with Crippen LogP contribution in [-0.4, -0.2) is 70.0 Å². The van der Waals surface area contributed by atoms with Crippen LogP contribution < -0.4 is 245 Å². The van der Waals surface area contributed by atoms with Crippen LogP contribution in [0.1, 0.15) is 44.5 Å². The van der Waals surface area contributed by atoms with Gasteiger partial charge in [0.05, 0.1) is 43.6 Å². The molecular formula is C36H24K4N4O20. The molecule has 1 aliphatic rings. The van der Waals surface area contributed by atoms with Crippen LogP contribution in [0.3, 0.4) is 0 Å². The number of carbonyl (C=O) groups is 4. The molecule has 4 aromatic rings. The predicted molar refractivity (Wildman–Crippen MR) is 186 cm³/mol. The zero-order valence-corrected chi connectivity index (χ0v) is 46.7. The predicted octanol–water partition coefficient (Wildman–Crippen LogP) is -13.5. The molecule has 0 radical (unpaired) electrons. The van der Waals surface area contributed by atoms with Gasteiger partial charge in [-0.05, 0) is 0 Å². The number of carboxylic acid groups (broad SMARTS) is 4. The summed E-state index contributed by atoms with van der Waals surface area (Å²) in [5, 5.41) is 95.8. The number of carboxylic acids is 4. The summed E-state index contributed by atoms with van der Waals surface area (Å²) < 4.78 is 22.2. The Bertz CT molecular complexity index is 2090. The number of aliphatic carboxylic acids is 4. The molecule has 0 spiro atoms. The molecule has 5 rings (SSSR count). The number of nitrogens with zero attached hydrogens (tertiary/aromatic N) is 4. The van der Waals surface area contributed by atoms with E-state index in [0.717, 1.165) is 48.5 Å². The van der Waals surface area contributed by atoms with Crippen molar-refractivity contribution < 1.29 is 284 Å². The molecular weight excluding hydrogens is 965 g/mol. The van der Waals surface area contributed by atoms with Crippen LogP contribution in [0.4, 0.5) is 22.7 Å². The minimum absolute atomic E-state index is 0. The molecule has 0 saturated carbocycles. The molecule has 0 aliphatic heterocycles. The van der Waals surface area contributed by atoms with Crippen LogP contribution in [0, 0.1) is 40.5 Å². The minimum atomic E-state index is -1.80. The van der Waals surface area contributed by atoms with E-state index < -0.39 is 141 Å². The number of non-ortho nitro benzene ring substituents is 4. The Labute approximate surface area is 529 Å². The SMILES string of the molecule is O=C([O-])COc1c2cc([N+](=O)[O-])cc1Cc1cc([N+](=O)[O-])cc(c1OCC(=O)[O-])Cc1cc([N+](=O)[O-])cc(c1OCC(=O)[O-])Cc1cc([N+](=O)[O-])cc(c1OCC(=O)[O-])C2.[K+].[K+].[K+].[K+]. The summed E-state index contributed by atoms with van der Waals surface area (Å²) in [5.74, 6) is -9.00. The Balaban J connectivity index is 0.00000512. The summed E-state index contributed by atoms with van der Waals surface area (Å²) in [4.78, 5) is 92.2. The van der Waals surface area contributed by atoms with Gasteiger partial charge in [0, 0.05) is 119 Å². The second-order valence-corrected chi connectivity index (χ2v) is 12.8. The van der Waals surface area contributed by atoms with Crippen LogP contribution in [-0.2, 0) is 44.9 Å². The van der Waals surface area contributed by atoms with Gasteiger partial charge in [-0.1, -0.05) is 0 Å². The van der Waals surface area contributed by atoms with E-state index in [-0.39, 0.29) is 250 Å². The van der Waals surface area contributed by atoms with Crippen molar-refractivity contribution in [3.05, 3.63) is 133 Å². The maximum Gasteiger partial charge on any atom is 1.00 e. The fraction of sp³-hybridized carbons (Fsp3) is 0.222. The fourth-order valence-corrected chi connectivity index (χ4v) is 6.50. The van der Waals surface area contributed by atoms with Crippen molar-refractivity contribution >= 4 is 46.6 Å². The zero-order valence-electron chi connectivity index (χ0n) is 34.2. The molecule has 0 fully saturated rings. The summed E-state index contributed by atoms with van der Waals surface area (Å²) in [6.07, 6.45) is -2.85. The number of nitro groups is 4. The van der Waals surface area contributed by atoms with Gasteiger partial charge in [-0.15, -0.1) is 0 Å². The van der Waals surface area contributed by atoms with E-state index in [0.29, 0.717) is 0 Å². The fourth-order valence-electron chi connectivity index (χ4n) is 6.50. The van der Waals surface area contributed by atoms with Gasteiger partial charge < -0.3 is 58.6 Å². The molecule has 0 saturated heterocycles. The minimum Gasteiger partial charge on any atom is -0.546 e. The van der Waals surface area contributed by atoms with Gasteiger partial charge in [-0.3, -0.25) is 40.5 Å². The Morgan fingerprint density at radius 2 is 0.500 bits per heavy atom. The molecule has 1 aliphatic carbocycles. The Morgan fingerprint density at radius 1 is 0.359 bits per heavy atom. The van der Waals surface area contributed by atoms with Crippen molar-refractivity contribution in [1.82, 2.24) is 0 Å². The Kier molecular flexibility index (Phi) is 25.5. The first kappa shape index (κ1) is 60.1. The number of hydrogen-bond donors (Lipinski definition) is 0. The molecule has 64 heavy (non-hydrogen) atoms. The van der Waals surface area contributed by atoms with Crippen molar-refractivity contribution in [1.29, 1.82) is 0 Å². The van der Waals surface area contributed by atoms with E-state index in [1.54, 1.807) is 0 Å². The number of carbonyl (C=O) groups excluding carboxylic acids is 4. The van der Waals surface area contributed by atoms with Crippen LogP contribution in [0.15, 0.2) is 48.5 Å². The third-order valence-corrected chi connectivity index (χ3v) is 8.61. The van der Waals surface area contributed by atoms with Crippen LogP contribution >= 0.6 is 0 Å².